The highest BCUT2D eigenvalue weighted by Crippen LogP contribution is 2.19. The van der Waals surface area contributed by atoms with Crippen molar-refractivity contribution in [1.29, 1.82) is 0 Å². The van der Waals surface area contributed by atoms with Gasteiger partial charge in [-0.05, 0) is 36.2 Å². The molecule has 0 N–H and O–H groups in total. The Hall–Kier alpha value is -1.55. The Balaban J connectivity index is 1.47. The number of rotatable bonds is 6. The molecule has 1 fully saturated rings. The fourth-order valence-electron chi connectivity index (χ4n) is 3.09. The molecule has 24 heavy (non-hydrogen) atoms. The third-order valence-corrected chi connectivity index (χ3v) is 4.83. The molecule has 1 saturated heterocycles. The van der Waals surface area contributed by atoms with E-state index < -0.39 is 0 Å². The molecule has 2 aromatic rings. The standard InChI is InChI=1S/C20H25ClN2O/c1-2-24-19-9-7-17(8-10-19)15-22-11-13-23(14-12-22)16-18-5-3-4-6-20(18)21/h3-10H,2,11-16H2,1H3. The fourth-order valence-corrected chi connectivity index (χ4v) is 3.28. The molecule has 1 aliphatic heterocycles. The lowest BCUT2D eigenvalue weighted by Crippen LogP contribution is -2.45. The van der Waals surface area contributed by atoms with Gasteiger partial charge >= 0.3 is 0 Å². The molecule has 0 aliphatic carbocycles. The first-order valence-corrected chi connectivity index (χ1v) is 9.02. The maximum absolute atomic E-state index is 6.27. The first kappa shape index (κ1) is 17.3. The van der Waals surface area contributed by atoms with Gasteiger partial charge in [0, 0.05) is 44.3 Å². The average Bonchev–Trinajstić information content (AvgIpc) is 2.61. The third kappa shape index (κ3) is 4.73. The lowest BCUT2D eigenvalue weighted by molar-refractivity contribution is 0.122. The van der Waals surface area contributed by atoms with E-state index in [1.54, 1.807) is 0 Å². The van der Waals surface area contributed by atoms with Crippen LogP contribution in [-0.2, 0) is 13.1 Å². The molecule has 0 aromatic heterocycles. The van der Waals surface area contributed by atoms with Gasteiger partial charge in [-0.25, -0.2) is 0 Å². The minimum Gasteiger partial charge on any atom is -0.494 e. The number of hydrogen-bond donors (Lipinski definition) is 0. The molecule has 3 rings (SSSR count). The third-order valence-electron chi connectivity index (χ3n) is 4.46. The Labute approximate surface area is 149 Å². The minimum atomic E-state index is 0.715. The number of benzene rings is 2. The number of halogens is 1. The Morgan fingerprint density at radius 3 is 2.12 bits per heavy atom. The summed E-state index contributed by atoms with van der Waals surface area (Å²) in [5, 5.41) is 0.870. The molecule has 0 atom stereocenters. The smallest absolute Gasteiger partial charge is 0.119 e. The van der Waals surface area contributed by atoms with Gasteiger partial charge in [0.25, 0.3) is 0 Å². The Morgan fingerprint density at radius 1 is 0.875 bits per heavy atom. The van der Waals surface area contributed by atoms with Gasteiger partial charge in [0.1, 0.15) is 5.75 Å². The second kappa shape index (κ2) is 8.52. The van der Waals surface area contributed by atoms with Crippen LogP contribution in [0.2, 0.25) is 5.02 Å². The van der Waals surface area contributed by atoms with Crippen LogP contribution >= 0.6 is 11.6 Å². The van der Waals surface area contributed by atoms with Crippen molar-refractivity contribution in [1.82, 2.24) is 9.80 Å². The summed E-state index contributed by atoms with van der Waals surface area (Å²) in [6, 6.07) is 16.6. The highest BCUT2D eigenvalue weighted by molar-refractivity contribution is 6.31. The van der Waals surface area contributed by atoms with E-state index in [4.69, 9.17) is 16.3 Å². The van der Waals surface area contributed by atoms with E-state index in [9.17, 15) is 0 Å². The highest BCUT2D eigenvalue weighted by Gasteiger charge is 2.17. The van der Waals surface area contributed by atoms with Crippen molar-refractivity contribution in [3.63, 3.8) is 0 Å². The van der Waals surface area contributed by atoms with Gasteiger partial charge in [-0.15, -0.1) is 0 Å². The first-order valence-electron chi connectivity index (χ1n) is 8.64. The molecule has 1 heterocycles. The van der Waals surface area contributed by atoms with Crippen molar-refractivity contribution in [2.45, 2.75) is 20.0 Å². The summed E-state index contributed by atoms with van der Waals surface area (Å²) in [6.45, 7) is 9.03. The molecule has 4 heteroatoms. The van der Waals surface area contributed by atoms with Crippen LogP contribution < -0.4 is 4.74 Å². The van der Waals surface area contributed by atoms with Crippen LogP contribution in [0.15, 0.2) is 48.5 Å². The molecule has 2 aromatic carbocycles. The van der Waals surface area contributed by atoms with Crippen LogP contribution in [0.1, 0.15) is 18.1 Å². The van der Waals surface area contributed by atoms with E-state index in [2.05, 4.69) is 46.2 Å². The molecular weight excluding hydrogens is 320 g/mol. The maximum Gasteiger partial charge on any atom is 0.119 e. The molecule has 1 aliphatic rings. The quantitative estimate of drug-likeness (QED) is 0.786. The Bertz CT molecular complexity index is 636. The topological polar surface area (TPSA) is 15.7 Å². The molecule has 0 saturated carbocycles. The molecule has 128 valence electrons. The average molecular weight is 345 g/mol. The second-order valence-electron chi connectivity index (χ2n) is 6.22. The van der Waals surface area contributed by atoms with E-state index in [1.807, 2.05) is 19.1 Å². The largest absolute Gasteiger partial charge is 0.494 e. The van der Waals surface area contributed by atoms with Crippen LogP contribution in [-0.4, -0.2) is 42.6 Å². The molecule has 0 radical (unpaired) electrons. The van der Waals surface area contributed by atoms with Crippen LogP contribution in [0, 0.1) is 0 Å². The zero-order valence-corrected chi connectivity index (χ0v) is 15.0. The van der Waals surface area contributed by atoms with Crippen LogP contribution in [0.4, 0.5) is 0 Å². The summed E-state index contributed by atoms with van der Waals surface area (Å²) in [5.41, 5.74) is 2.57. The zero-order chi connectivity index (χ0) is 16.8. The maximum atomic E-state index is 6.27. The van der Waals surface area contributed by atoms with Gasteiger partial charge in [0.15, 0.2) is 0 Å². The van der Waals surface area contributed by atoms with Gasteiger partial charge in [-0.3, -0.25) is 9.80 Å². The predicted octanol–water partition coefficient (Wildman–Crippen LogP) is 4.06. The monoisotopic (exact) mass is 344 g/mol. The lowest BCUT2D eigenvalue weighted by atomic mass is 10.1. The first-order chi connectivity index (χ1) is 11.7. The highest BCUT2D eigenvalue weighted by atomic mass is 35.5. The second-order valence-corrected chi connectivity index (χ2v) is 6.63. The van der Waals surface area contributed by atoms with Crippen molar-refractivity contribution in [2.75, 3.05) is 32.8 Å². The lowest BCUT2D eigenvalue weighted by Gasteiger charge is -2.34. The predicted molar refractivity (Wildman–Crippen MR) is 99.6 cm³/mol. The molecule has 0 amide bonds. The summed E-state index contributed by atoms with van der Waals surface area (Å²) >= 11 is 6.27. The normalized spacial score (nSPS) is 16.2. The summed E-state index contributed by atoms with van der Waals surface area (Å²) in [7, 11) is 0. The number of piperazine rings is 1. The summed E-state index contributed by atoms with van der Waals surface area (Å²) in [4.78, 5) is 4.99. The van der Waals surface area contributed by atoms with Crippen molar-refractivity contribution in [3.8, 4) is 5.75 Å². The van der Waals surface area contributed by atoms with Crippen LogP contribution in [0.3, 0.4) is 0 Å². The van der Waals surface area contributed by atoms with Gasteiger partial charge in [0.2, 0.25) is 0 Å². The summed E-state index contributed by atoms with van der Waals surface area (Å²) in [6.07, 6.45) is 0. The molecule has 3 nitrogen and oxygen atoms in total. The van der Waals surface area contributed by atoms with E-state index in [1.165, 1.54) is 11.1 Å². The fraction of sp³-hybridized carbons (Fsp3) is 0.400. The molecule has 0 spiro atoms. The van der Waals surface area contributed by atoms with Gasteiger partial charge < -0.3 is 4.74 Å². The molecule has 0 bridgehead atoms. The van der Waals surface area contributed by atoms with Gasteiger partial charge in [-0.1, -0.05) is 41.9 Å². The van der Waals surface area contributed by atoms with E-state index >= 15 is 0 Å². The van der Waals surface area contributed by atoms with Crippen molar-refractivity contribution >= 4 is 11.6 Å². The van der Waals surface area contributed by atoms with Crippen molar-refractivity contribution in [2.24, 2.45) is 0 Å². The molecule has 0 unspecified atom stereocenters. The van der Waals surface area contributed by atoms with Crippen LogP contribution in [0.5, 0.6) is 5.75 Å². The van der Waals surface area contributed by atoms with E-state index in [-0.39, 0.29) is 0 Å². The Kier molecular flexibility index (Phi) is 6.13. The van der Waals surface area contributed by atoms with Gasteiger partial charge in [-0.2, -0.15) is 0 Å². The van der Waals surface area contributed by atoms with Crippen LogP contribution in [0.25, 0.3) is 0 Å². The SMILES string of the molecule is CCOc1ccc(CN2CCN(Cc3ccccc3Cl)CC2)cc1. The van der Waals surface area contributed by atoms with Crippen molar-refractivity contribution < 1.29 is 4.74 Å². The molecular formula is C20H25ClN2O. The van der Waals surface area contributed by atoms with E-state index in [0.29, 0.717) is 6.61 Å². The Morgan fingerprint density at radius 2 is 1.50 bits per heavy atom. The van der Waals surface area contributed by atoms with Crippen molar-refractivity contribution in [3.05, 3.63) is 64.7 Å². The number of nitrogens with zero attached hydrogens (tertiary/aromatic N) is 2. The summed E-state index contributed by atoms with van der Waals surface area (Å²) < 4.78 is 5.50. The zero-order valence-electron chi connectivity index (χ0n) is 14.2. The van der Waals surface area contributed by atoms with E-state index in [0.717, 1.165) is 50.0 Å². The number of hydrogen-bond acceptors (Lipinski definition) is 3. The summed E-state index contributed by atoms with van der Waals surface area (Å²) in [5.74, 6) is 0.950. The minimum absolute atomic E-state index is 0.715. The number of ether oxygens (including phenoxy) is 1. The van der Waals surface area contributed by atoms with Gasteiger partial charge in [0.05, 0.1) is 6.61 Å².